The Morgan fingerprint density at radius 1 is 1.55 bits per heavy atom. The van der Waals surface area contributed by atoms with Gasteiger partial charge in [0.15, 0.2) is 0 Å². The van der Waals surface area contributed by atoms with E-state index in [1.165, 1.54) is 31.3 Å². The third-order valence-electron chi connectivity index (χ3n) is 3.21. The normalized spacial score (nSPS) is 31.5. The molecule has 2 rings (SSSR count). The summed E-state index contributed by atoms with van der Waals surface area (Å²) in [5, 5.41) is 3.57. The van der Waals surface area contributed by atoms with E-state index < -0.39 is 0 Å². The molecule has 1 atom stereocenters. The molecule has 2 fully saturated rings. The maximum atomic E-state index is 3.89. The van der Waals surface area contributed by atoms with Crippen molar-refractivity contribution in [2.45, 2.75) is 38.6 Å². The zero-order chi connectivity index (χ0) is 7.90. The van der Waals surface area contributed by atoms with Crippen molar-refractivity contribution in [2.24, 2.45) is 5.41 Å². The largest absolute Gasteiger partial charge is 0.310 e. The van der Waals surface area contributed by atoms with Crippen molar-refractivity contribution < 1.29 is 0 Å². The molecule has 2 aliphatic rings. The quantitative estimate of drug-likeness (QED) is 0.609. The molecule has 0 radical (unpaired) electrons. The van der Waals surface area contributed by atoms with E-state index in [0.29, 0.717) is 0 Å². The van der Waals surface area contributed by atoms with E-state index in [1.54, 1.807) is 0 Å². The first-order valence-corrected chi connectivity index (χ1v) is 4.61. The van der Waals surface area contributed by atoms with Crippen molar-refractivity contribution in [3.8, 4) is 0 Å². The lowest BCUT2D eigenvalue weighted by molar-refractivity contribution is 0.189. The van der Waals surface area contributed by atoms with Crippen molar-refractivity contribution >= 4 is 0 Å². The lowest BCUT2D eigenvalue weighted by Crippen LogP contribution is -2.45. The summed E-state index contributed by atoms with van der Waals surface area (Å²) >= 11 is 0. The maximum absolute atomic E-state index is 3.89. The smallest absolute Gasteiger partial charge is 0.0161 e. The first-order chi connectivity index (χ1) is 5.23. The Bertz CT molecular complexity index is 179. The summed E-state index contributed by atoms with van der Waals surface area (Å²) in [5.41, 5.74) is 2.03. The topological polar surface area (TPSA) is 12.0 Å². The summed E-state index contributed by atoms with van der Waals surface area (Å²) in [6, 6.07) is 0.833. The molecule has 0 saturated heterocycles. The van der Waals surface area contributed by atoms with Gasteiger partial charge in [-0.3, -0.25) is 0 Å². The molecule has 0 unspecified atom stereocenters. The molecule has 1 nitrogen and oxygen atoms in total. The van der Waals surface area contributed by atoms with Crippen LogP contribution >= 0.6 is 0 Å². The summed E-state index contributed by atoms with van der Waals surface area (Å²) in [6.45, 7) is 7.00. The van der Waals surface area contributed by atoms with Crippen LogP contribution in [0.5, 0.6) is 0 Å². The fourth-order valence-corrected chi connectivity index (χ4v) is 2.07. The summed E-state index contributed by atoms with van der Waals surface area (Å²) < 4.78 is 0. The molecule has 1 heteroatoms. The Kier molecular flexibility index (Phi) is 1.57. The van der Waals surface area contributed by atoms with Crippen LogP contribution in [0.15, 0.2) is 12.2 Å². The van der Waals surface area contributed by atoms with Gasteiger partial charge in [-0.05, 0) is 38.0 Å². The van der Waals surface area contributed by atoms with Crippen molar-refractivity contribution in [1.29, 1.82) is 0 Å². The van der Waals surface area contributed by atoms with Crippen LogP contribution < -0.4 is 5.32 Å². The number of nitrogens with one attached hydrogen (secondary N) is 1. The summed E-state index contributed by atoms with van der Waals surface area (Å²) in [4.78, 5) is 0. The van der Waals surface area contributed by atoms with Crippen molar-refractivity contribution in [3.63, 3.8) is 0 Å². The summed E-state index contributed by atoms with van der Waals surface area (Å²) in [5.74, 6) is 0. The molecule has 0 aromatic rings. The van der Waals surface area contributed by atoms with Crippen LogP contribution in [0.25, 0.3) is 0 Å². The average Bonchev–Trinajstić information content (AvgIpc) is 2.64. The van der Waals surface area contributed by atoms with E-state index in [1.807, 2.05) is 0 Å². The van der Waals surface area contributed by atoms with Gasteiger partial charge in [-0.2, -0.15) is 0 Å². The second-order valence-corrected chi connectivity index (χ2v) is 4.29. The highest BCUT2D eigenvalue weighted by Gasteiger charge is 2.54. The molecule has 2 aliphatic carbocycles. The second-order valence-electron chi connectivity index (χ2n) is 4.29. The monoisotopic (exact) mass is 151 g/mol. The molecule has 62 valence electrons. The van der Waals surface area contributed by atoms with Crippen LogP contribution in [-0.2, 0) is 0 Å². The maximum Gasteiger partial charge on any atom is 0.0161 e. The van der Waals surface area contributed by atoms with Gasteiger partial charge in [0.2, 0.25) is 0 Å². The number of rotatable bonds is 3. The zero-order valence-corrected chi connectivity index (χ0v) is 7.32. The number of hydrogen-bond donors (Lipinski definition) is 1. The highest BCUT2D eigenvalue weighted by molar-refractivity contribution is 5.10. The molecule has 0 heterocycles. The van der Waals surface area contributed by atoms with Gasteiger partial charge in [0.25, 0.3) is 0 Å². The van der Waals surface area contributed by atoms with Crippen molar-refractivity contribution in [2.75, 3.05) is 6.54 Å². The number of hydrogen-bond acceptors (Lipinski definition) is 1. The van der Waals surface area contributed by atoms with Gasteiger partial charge in [0.05, 0.1) is 0 Å². The van der Waals surface area contributed by atoms with Gasteiger partial charge in [0.1, 0.15) is 0 Å². The lowest BCUT2D eigenvalue weighted by atomic mass is 9.76. The lowest BCUT2D eigenvalue weighted by Gasteiger charge is -2.38. The van der Waals surface area contributed by atoms with Gasteiger partial charge in [-0.15, -0.1) is 0 Å². The average molecular weight is 151 g/mol. The Balaban J connectivity index is 1.75. The fraction of sp³-hybridized carbons (Fsp3) is 0.800. The van der Waals surface area contributed by atoms with Gasteiger partial charge in [-0.25, -0.2) is 0 Å². The standard InChI is InChI=1S/C10H17N/c1-8(2)7-11-9-3-4-10(9)5-6-10/h9,11H,1,3-7H2,2H3/t9-/m1/s1. The summed E-state index contributed by atoms with van der Waals surface area (Å²) in [7, 11) is 0. The molecular weight excluding hydrogens is 134 g/mol. The first kappa shape index (κ1) is 7.35. The Labute approximate surface area is 68.9 Å². The molecule has 0 aromatic carbocycles. The van der Waals surface area contributed by atoms with E-state index >= 15 is 0 Å². The third-order valence-corrected chi connectivity index (χ3v) is 3.21. The Hall–Kier alpha value is -0.300. The fourth-order valence-electron chi connectivity index (χ4n) is 2.07. The third kappa shape index (κ3) is 1.22. The van der Waals surface area contributed by atoms with Gasteiger partial charge in [-0.1, -0.05) is 12.2 Å². The molecule has 1 N–H and O–H groups in total. The molecule has 0 aliphatic heterocycles. The minimum atomic E-state index is 0.773. The second kappa shape index (κ2) is 2.34. The minimum Gasteiger partial charge on any atom is -0.310 e. The SMILES string of the molecule is C=C(C)CN[C@@H]1CCC12CC2. The highest BCUT2D eigenvalue weighted by atomic mass is 15.0. The summed E-state index contributed by atoms with van der Waals surface area (Å²) in [6.07, 6.45) is 5.82. The molecule has 0 bridgehead atoms. The van der Waals surface area contributed by atoms with Crippen LogP contribution in [0.4, 0.5) is 0 Å². The predicted molar refractivity (Wildman–Crippen MR) is 47.5 cm³/mol. The van der Waals surface area contributed by atoms with Gasteiger partial charge < -0.3 is 5.32 Å². The Morgan fingerprint density at radius 3 is 2.64 bits per heavy atom. The van der Waals surface area contributed by atoms with Crippen molar-refractivity contribution in [3.05, 3.63) is 12.2 Å². The molecular formula is C10H17N. The van der Waals surface area contributed by atoms with Crippen molar-refractivity contribution in [1.82, 2.24) is 5.32 Å². The van der Waals surface area contributed by atoms with Crippen LogP contribution in [-0.4, -0.2) is 12.6 Å². The van der Waals surface area contributed by atoms with Gasteiger partial charge >= 0.3 is 0 Å². The van der Waals surface area contributed by atoms with E-state index in [4.69, 9.17) is 0 Å². The minimum absolute atomic E-state index is 0.773. The molecule has 0 amide bonds. The van der Waals surface area contributed by atoms with E-state index in [9.17, 15) is 0 Å². The van der Waals surface area contributed by atoms with Crippen LogP contribution in [0.3, 0.4) is 0 Å². The van der Waals surface area contributed by atoms with E-state index in [0.717, 1.165) is 18.0 Å². The Morgan fingerprint density at radius 2 is 2.27 bits per heavy atom. The molecule has 11 heavy (non-hydrogen) atoms. The van der Waals surface area contributed by atoms with E-state index in [-0.39, 0.29) is 0 Å². The molecule has 2 saturated carbocycles. The van der Waals surface area contributed by atoms with Crippen LogP contribution in [0, 0.1) is 5.41 Å². The zero-order valence-electron chi connectivity index (χ0n) is 7.32. The van der Waals surface area contributed by atoms with Crippen LogP contribution in [0.2, 0.25) is 0 Å². The van der Waals surface area contributed by atoms with E-state index in [2.05, 4.69) is 18.8 Å². The molecule has 1 spiro atoms. The first-order valence-electron chi connectivity index (χ1n) is 4.61. The van der Waals surface area contributed by atoms with Gasteiger partial charge in [0, 0.05) is 12.6 Å². The van der Waals surface area contributed by atoms with Crippen LogP contribution in [0.1, 0.15) is 32.6 Å². The molecule has 0 aromatic heterocycles. The predicted octanol–water partition coefficient (Wildman–Crippen LogP) is 2.09. The highest BCUT2D eigenvalue weighted by Crippen LogP contribution is 2.60.